The van der Waals surface area contributed by atoms with Crippen LogP contribution < -0.4 is 9.47 Å². The second-order valence-electron chi connectivity index (χ2n) is 6.56. The summed E-state index contributed by atoms with van der Waals surface area (Å²) in [5.74, 6) is 1.50. The number of likely N-dealkylation sites (tertiary alicyclic amines) is 1. The molecule has 1 atom stereocenters. The second kappa shape index (κ2) is 7.17. The van der Waals surface area contributed by atoms with Crippen LogP contribution in [0.3, 0.4) is 0 Å². The lowest BCUT2D eigenvalue weighted by Crippen LogP contribution is -2.31. The van der Waals surface area contributed by atoms with Gasteiger partial charge in [0.1, 0.15) is 17.2 Å². The molecule has 1 saturated heterocycles. The normalized spacial score (nSPS) is 17.2. The van der Waals surface area contributed by atoms with Crippen molar-refractivity contribution < 1.29 is 14.3 Å². The van der Waals surface area contributed by atoms with E-state index in [0.717, 1.165) is 36.4 Å². The summed E-state index contributed by atoms with van der Waals surface area (Å²) in [5, 5.41) is 0. The molecule has 3 rings (SSSR count). The number of methoxy groups -OCH3 is 2. The number of aromatic nitrogens is 2. The van der Waals surface area contributed by atoms with Crippen LogP contribution in [0.2, 0.25) is 0 Å². The van der Waals surface area contributed by atoms with E-state index in [9.17, 15) is 4.79 Å². The number of carbonyl (C=O) groups is 1. The van der Waals surface area contributed by atoms with Crippen LogP contribution in [0.4, 0.5) is 0 Å². The first-order valence-corrected chi connectivity index (χ1v) is 8.61. The van der Waals surface area contributed by atoms with E-state index in [1.807, 2.05) is 33.9 Å². The van der Waals surface area contributed by atoms with E-state index in [-0.39, 0.29) is 18.0 Å². The van der Waals surface area contributed by atoms with Crippen LogP contribution in [0.25, 0.3) is 0 Å². The molecule has 0 bridgehead atoms. The lowest BCUT2D eigenvalue weighted by atomic mass is 10.0. The molecule has 2 heterocycles. The van der Waals surface area contributed by atoms with Gasteiger partial charge >= 0.3 is 0 Å². The van der Waals surface area contributed by atoms with Crippen LogP contribution in [0, 0.1) is 0 Å². The number of ether oxygens (including phenoxy) is 2. The Morgan fingerprint density at radius 1 is 1.28 bits per heavy atom. The van der Waals surface area contributed by atoms with Crippen molar-refractivity contribution in [2.45, 2.75) is 38.8 Å². The largest absolute Gasteiger partial charge is 0.497 e. The Kier molecular flexibility index (Phi) is 4.97. The van der Waals surface area contributed by atoms with Gasteiger partial charge in [-0.05, 0) is 44.9 Å². The first kappa shape index (κ1) is 17.3. The van der Waals surface area contributed by atoms with E-state index < -0.39 is 0 Å². The molecule has 2 aromatic rings. The average Bonchev–Trinajstić information content (AvgIpc) is 3.30. The fourth-order valence-electron chi connectivity index (χ4n) is 3.31. The maximum atomic E-state index is 13.0. The summed E-state index contributed by atoms with van der Waals surface area (Å²) in [6.07, 6.45) is 5.40. The quantitative estimate of drug-likeness (QED) is 0.834. The van der Waals surface area contributed by atoms with Gasteiger partial charge in [-0.15, -0.1) is 0 Å². The third kappa shape index (κ3) is 3.34. The minimum absolute atomic E-state index is 0.0262. The van der Waals surface area contributed by atoms with Crippen molar-refractivity contribution in [1.29, 1.82) is 0 Å². The molecular formula is C19H25N3O3. The first-order chi connectivity index (χ1) is 12.0. The Balaban J connectivity index is 1.91. The Morgan fingerprint density at radius 3 is 2.72 bits per heavy atom. The van der Waals surface area contributed by atoms with Crippen LogP contribution in [0.5, 0.6) is 11.5 Å². The zero-order valence-corrected chi connectivity index (χ0v) is 15.2. The summed E-state index contributed by atoms with van der Waals surface area (Å²) in [4.78, 5) is 19.2. The minimum Gasteiger partial charge on any atom is -0.497 e. The Labute approximate surface area is 148 Å². The number of rotatable bonds is 5. The third-order valence-electron chi connectivity index (χ3n) is 4.73. The van der Waals surface area contributed by atoms with Crippen molar-refractivity contribution in [3.63, 3.8) is 0 Å². The standard InChI is InChI=1S/C19H25N3O3/c1-13(2)21-11-16(20-12-21)19(23)22-9-5-6-17(22)15-10-14(24-3)7-8-18(15)25-4/h7-8,10-13,17H,5-6,9H2,1-4H3. The molecule has 1 aromatic heterocycles. The van der Waals surface area contributed by atoms with Crippen molar-refractivity contribution in [2.75, 3.05) is 20.8 Å². The highest BCUT2D eigenvalue weighted by Crippen LogP contribution is 2.39. The summed E-state index contributed by atoms with van der Waals surface area (Å²) >= 11 is 0. The molecule has 0 spiro atoms. The number of imidazole rings is 1. The zero-order chi connectivity index (χ0) is 18.0. The molecule has 0 aliphatic carbocycles. The van der Waals surface area contributed by atoms with E-state index in [0.29, 0.717) is 5.69 Å². The van der Waals surface area contributed by atoms with E-state index in [1.54, 1.807) is 20.5 Å². The van der Waals surface area contributed by atoms with Gasteiger partial charge in [0, 0.05) is 24.3 Å². The Hall–Kier alpha value is -2.50. The van der Waals surface area contributed by atoms with Gasteiger partial charge in [0.25, 0.3) is 5.91 Å². The summed E-state index contributed by atoms with van der Waals surface area (Å²) in [6.45, 7) is 4.85. The molecule has 25 heavy (non-hydrogen) atoms. The van der Waals surface area contributed by atoms with Crippen molar-refractivity contribution in [3.05, 3.63) is 42.0 Å². The molecule has 1 fully saturated rings. The van der Waals surface area contributed by atoms with Crippen LogP contribution in [-0.4, -0.2) is 41.1 Å². The van der Waals surface area contributed by atoms with E-state index >= 15 is 0 Å². The Morgan fingerprint density at radius 2 is 2.08 bits per heavy atom. The van der Waals surface area contributed by atoms with Crippen molar-refractivity contribution in [3.8, 4) is 11.5 Å². The highest BCUT2D eigenvalue weighted by Gasteiger charge is 2.33. The maximum Gasteiger partial charge on any atom is 0.274 e. The minimum atomic E-state index is -0.0354. The summed E-state index contributed by atoms with van der Waals surface area (Å²) in [7, 11) is 3.29. The number of hydrogen-bond acceptors (Lipinski definition) is 4. The number of carbonyl (C=O) groups excluding carboxylic acids is 1. The van der Waals surface area contributed by atoms with Gasteiger partial charge in [0.05, 0.1) is 26.6 Å². The summed E-state index contributed by atoms with van der Waals surface area (Å²) in [6, 6.07) is 5.97. The van der Waals surface area contributed by atoms with Crippen LogP contribution in [0.1, 0.15) is 54.8 Å². The van der Waals surface area contributed by atoms with Gasteiger partial charge in [-0.2, -0.15) is 0 Å². The lowest BCUT2D eigenvalue weighted by molar-refractivity contribution is 0.0728. The van der Waals surface area contributed by atoms with Crippen LogP contribution >= 0.6 is 0 Å². The van der Waals surface area contributed by atoms with E-state index in [4.69, 9.17) is 9.47 Å². The van der Waals surface area contributed by atoms with Gasteiger partial charge in [-0.3, -0.25) is 4.79 Å². The molecule has 6 nitrogen and oxygen atoms in total. The molecule has 1 unspecified atom stereocenters. The molecule has 0 N–H and O–H groups in total. The molecule has 1 aromatic carbocycles. The van der Waals surface area contributed by atoms with Gasteiger partial charge in [-0.1, -0.05) is 0 Å². The Bertz CT molecular complexity index is 754. The molecule has 1 aliphatic heterocycles. The highest BCUT2D eigenvalue weighted by atomic mass is 16.5. The smallest absolute Gasteiger partial charge is 0.274 e. The zero-order valence-electron chi connectivity index (χ0n) is 15.2. The highest BCUT2D eigenvalue weighted by molar-refractivity contribution is 5.92. The monoisotopic (exact) mass is 343 g/mol. The molecule has 6 heteroatoms. The predicted molar refractivity (Wildman–Crippen MR) is 95.2 cm³/mol. The topological polar surface area (TPSA) is 56.6 Å². The molecule has 1 amide bonds. The molecule has 0 saturated carbocycles. The number of hydrogen-bond donors (Lipinski definition) is 0. The average molecular weight is 343 g/mol. The SMILES string of the molecule is COc1ccc(OC)c(C2CCCN2C(=O)c2cn(C(C)C)cn2)c1. The van der Waals surface area contributed by atoms with Gasteiger partial charge in [-0.25, -0.2) is 4.98 Å². The number of nitrogens with zero attached hydrogens (tertiary/aromatic N) is 3. The van der Waals surface area contributed by atoms with Crippen LogP contribution in [-0.2, 0) is 0 Å². The first-order valence-electron chi connectivity index (χ1n) is 8.61. The van der Waals surface area contributed by atoms with Crippen molar-refractivity contribution in [2.24, 2.45) is 0 Å². The fourth-order valence-corrected chi connectivity index (χ4v) is 3.31. The fraction of sp³-hybridized carbons (Fsp3) is 0.474. The summed E-state index contributed by atoms with van der Waals surface area (Å²) in [5.41, 5.74) is 1.47. The predicted octanol–water partition coefficient (Wildman–Crippen LogP) is 3.46. The van der Waals surface area contributed by atoms with E-state index in [2.05, 4.69) is 18.8 Å². The third-order valence-corrected chi connectivity index (χ3v) is 4.73. The molecular weight excluding hydrogens is 318 g/mol. The molecule has 0 radical (unpaired) electrons. The molecule has 134 valence electrons. The van der Waals surface area contributed by atoms with Gasteiger partial charge < -0.3 is 18.9 Å². The van der Waals surface area contributed by atoms with E-state index in [1.165, 1.54) is 0 Å². The number of benzene rings is 1. The molecule has 1 aliphatic rings. The van der Waals surface area contributed by atoms with Crippen molar-refractivity contribution in [1.82, 2.24) is 14.5 Å². The summed E-state index contributed by atoms with van der Waals surface area (Å²) < 4.78 is 12.8. The van der Waals surface area contributed by atoms with Crippen molar-refractivity contribution >= 4 is 5.91 Å². The van der Waals surface area contributed by atoms with Gasteiger partial charge in [0.15, 0.2) is 0 Å². The van der Waals surface area contributed by atoms with Gasteiger partial charge in [0.2, 0.25) is 0 Å². The second-order valence-corrected chi connectivity index (χ2v) is 6.56. The lowest BCUT2D eigenvalue weighted by Gasteiger charge is -2.26. The van der Waals surface area contributed by atoms with Crippen LogP contribution in [0.15, 0.2) is 30.7 Å². The number of amides is 1. The maximum absolute atomic E-state index is 13.0.